The zero-order chi connectivity index (χ0) is 13.2. The molecule has 1 rings (SSSR count). The summed E-state index contributed by atoms with van der Waals surface area (Å²) in [6, 6.07) is 1.95. The number of halogens is 1. The van der Waals surface area contributed by atoms with Crippen LogP contribution in [0.1, 0.15) is 6.92 Å². The van der Waals surface area contributed by atoms with Gasteiger partial charge in [0.25, 0.3) is 0 Å². The van der Waals surface area contributed by atoms with E-state index >= 15 is 0 Å². The Hall–Kier alpha value is -0.440. The van der Waals surface area contributed by atoms with Crippen LogP contribution in [0.5, 0.6) is 0 Å². The summed E-state index contributed by atoms with van der Waals surface area (Å²) in [4.78, 5) is 4.19. The van der Waals surface area contributed by atoms with E-state index in [1.807, 2.05) is 34.9 Å². The fourth-order valence-corrected chi connectivity index (χ4v) is 1.86. The molecule has 0 fully saturated rings. The largest absolute Gasteiger partial charge is 0.356 e. The van der Waals surface area contributed by atoms with Gasteiger partial charge in [-0.2, -0.15) is 16.9 Å². The molecular formula is C12H24IN5S. The minimum Gasteiger partial charge on any atom is -0.356 e. The van der Waals surface area contributed by atoms with Crippen molar-refractivity contribution in [2.75, 3.05) is 32.1 Å². The van der Waals surface area contributed by atoms with E-state index in [2.05, 4.69) is 33.9 Å². The number of nitrogens with zero attached hydrogens (tertiary/aromatic N) is 3. The van der Waals surface area contributed by atoms with Gasteiger partial charge in [0.15, 0.2) is 5.96 Å². The van der Waals surface area contributed by atoms with Crippen LogP contribution < -0.4 is 10.6 Å². The van der Waals surface area contributed by atoms with Gasteiger partial charge in [0.05, 0.1) is 0 Å². The Labute approximate surface area is 137 Å². The van der Waals surface area contributed by atoms with Crippen LogP contribution >= 0.6 is 35.7 Å². The zero-order valence-electron chi connectivity index (χ0n) is 11.8. The molecule has 0 aliphatic carbocycles. The third kappa shape index (κ3) is 8.35. The van der Waals surface area contributed by atoms with E-state index in [-0.39, 0.29) is 24.0 Å². The topological polar surface area (TPSA) is 54.2 Å². The minimum absolute atomic E-state index is 0. The molecule has 2 N–H and O–H groups in total. The number of hydrogen-bond donors (Lipinski definition) is 2. The average molecular weight is 397 g/mol. The molecule has 19 heavy (non-hydrogen) atoms. The van der Waals surface area contributed by atoms with Crippen molar-refractivity contribution in [1.82, 2.24) is 20.4 Å². The van der Waals surface area contributed by atoms with Crippen molar-refractivity contribution in [1.29, 1.82) is 0 Å². The van der Waals surface area contributed by atoms with Gasteiger partial charge in [-0.15, -0.1) is 24.0 Å². The van der Waals surface area contributed by atoms with Crippen molar-refractivity contribution >= 4 is 41.7 Å². The van der Waals surface area contributed by atoms with Crippen LogP contribution in [0.4, 0.5) is 0 Å². The first kappa shape index (κ1) is 18.6. The van der Waals surface area contributed by atoms with E-state index in [0.29, 0.717) is 5.92 Å². The normalized spacial score (nSPS) is 12.7. The minimum atomic E-state index is 0. The molecule has 1 unspecified atom stereocenters. The summed E-state index contributed by atoms with van der Waals surface area (Å²) in [5.41, 5.74) is 0. The maximum Gasteiger partial charge on any atom is 0.191 e. The maximum atomic E-state index is 4.20. The molecule has 0 saturated heterocycles. The van der Waals surface area contributed by atoms with Crippen molar-refractivity contribution in [3.05, 3.63) is 18.5 Å². The highest BCUT2D eigenvalue weighted by Crippen LogP contribution is 1.97. The van der Waals surface area contributed by atoms with E-state index in [1.165, 1.54) is 0 Å². The van der Waals surface area contributed by atoms with Gasteiger partial charge in [0.1, 0.15) is 0 Å². The van der Waals surface area contributed by atoms with Gasteiger partial charge in [-0.05, 0) is 18.2 Å². The standard InChI is InChI=1S/C12H23N5S.HI/c1-11(10-17-7-4-5-16-17)9-15-12(13-2)14-6-8-18-3;/h4-5,7,11H,6,8-10H2,1-3H3,(H2,13,14,15);1H. The molecule has 0 aromatic carbocycles. The third-order valence-electron chi connectivity index (χ3n) is 2.50. The van der Waals surface area contributed by atoms with Crippen LogP contribution in [0.3, 0.4) is 0 Å². The molecule has 5 nitrogen and oxygen atoms in total. The van der Waals surface area contributed by atoms with Crippen LogP contribution in [0.25, 0.3) is 0 Å². The summed E-state index contributed by atoms with van der Waals surface area (Å²) < 4.78 is 1.95. The molecule has 1 aromatic heterocycles. The summed E-state index contributed by atoms with van der Waals surface area (Å²) in [6.07, 6.45) is 5.90. The summed E-state index contributed by atoms with van der Waals surface area (Å²) in [7, 11) is 1.80. The fourth-order valence-electron chi connectivity index (χ4n) is 1.56. The molecule has 0 saturated carbocycles. The summed E-state index contributed by atoms with van der Waals surface area (Å²) in [5.74, 6) is 2.46. The maximum absolute atomic E-state index is 4.20. The number of aliphatic imine (C=N–C) groups is 1. The van der Waals surface area contributed by atoms with E-state index in [1.54, 1.807) is 7.05 Å². The van der Waals surface area contributed by atoms with Crippen molar-refractivity contribution in [3.63, 3.8) is 0 Å². The van der Waals surface area contributed by atoms with Crippen molar-refractivity contribution in [2.45, 2.75) is 13.5 Å². The first-order valence-corrected chi connectivity index (χ1v) is 7.56. The van der Waals surface area contributed by atoms with Crippen molar-refractivity contribution in [3.8, 4) is 0 Å². The Bertz CT molecular complexity index is 342. The van der Waals surface area contributed by atoms with Crippen LogP contribution in [0.15, 0.2) is 23.5 Å². The van der Waals surface area contributed by atoms with E-state index in [0.717, 1.165) is 31.3 Å². The molecule has 110 valence electrons. The number of thioether (sulfide) groups is 1. The summed E-state index contributed by atoms with van der Waals surface area (Å²) in [5, 5.41) is 10.8. The molecule has 0 spiro atoms. The van der Waals surface area contributed by atoms with E-state index < -0.39 is 0 Å². The van der Waals surface area contributed by atoms with E-state index in [9.17, 15) is 0 Å². The molecule has 0 radical (unpaired) electrons. The Morgan fingerprint density at radius 1 is 1.47 bits per heavy atom. The van der Waals surface area contributed by atoms with Crippen LogP contribution in [0.2, 0.25) is 0 Å². The number of nitrogens with one attached hydrogen (secondary N) is 2. The van der Waals surface area contributed by atoms with Gasteiger partial charge in [-0.25, -0.2) is 0 Å². The number of hydrogen-bond acceptors (Lipinski definition) is 3. The van der Waals surface area contributed by atoms with Gasteiger partial charge < -0.3 is 10.6 Å². The average Bonchev–Trinajstić information content (AvgIpc) is 2.86. The molecular weight excluding hydrogens is 373 g/mol. The lowest BCUT2D eigenvalue weighted by Crippen LogP contribution is -2.40. The second kappa shape index (κ2) is 11.4. The lowest BCUT2D eigenvalue weighted by molar-refractivity contribution is 0.443. The number of rotatable bonds is 7. The Balaban J connectivity index is 0.00000324. The van der Waals surface area contributed by atoms with Crippen molar-refractivity contribution < 1.29 is 0 Å². The highest BCUT2D eigenvalue weighted by molar-refractivity contribution is 14.0. The van der Waals surface area contributed by atoms with Gasteiger partial charge in [0, 0.05) is 44.8 Å². The molecule has 1 heterocycles. The highest BCUT2D eigenvalue weighted by Gasteiger charge is 2.04. The SMILES string of the molecule is CN=C(NCCSC)NCC(C)Cn1cccn1.I. The lowest BCUT2D eigenvalue weighted by Gasteiger charge is -2.15. The first-order chi connectivity index (χ1) is 8.76. The number of guanidine groups is 1. The highest BCUT2D eigenvalue weighted by atomic mass is 127. The Morgan fingerprint density at radius 2 is 2.26 bits per heavy atom. The quantitative estimate of drug-likeness (QED) is 0.318. The van der Waals surface area contributed by atoms with Gasteiger partial charge in [0.2, 0.25) is 0 Å². The van der Waals surface area contributed by atoms with Crippen LogP contribution in [-0.2, 0) is 6.54 Å². The fraction of sp³-hybridized carbons (Fsp3) is 0.667. The van der Waals surface area contributed by atoms with E-state index in [4.69, 9.17) is 0 Å². The van der Waals surface area contributed by atoms with Gasteiger partial charge in [-0.1, -0.05) is 6.92 Å². The first-order valence-electron chi connectivity index (χ1n) is 6.17. The molecule has 0 amide bonds. The molecule has 0 aliphatic rings. The van der Waals surface area contributed by atoms with Crippen LogP contribution in [-0.4, -0.2) is 47.9 Å². The summed E-state index contributed by atoms with van der Waals surface area (Å²) in [6.45, 7) is 4.94. The predicted molar refractivity (Wildman–Crippen MR) is 94.6 cm³/mol. The molecule has 1 atom stereocenters. The molecule has 1 aromatic rings. The predicted octanol–water partition coefficient (Wildman–Crippen LogP) is 1.67. The second-order valence-electron chi connectivity index (χ2n) is 4.21. The monoisotopic (exact) mass is 397 g/mol. The number of aromatic nitrogens is 2. The van der Waals surface area contributed by atoms with Gasteiger partial charge in [-0.3, -0.25) is 9.67 Å². The zero-order valence-corrected chi connectivity index (χ0v) is 14.9. The molecule has 0 aliphatic heterocycles. The Morgan fingerprint density at radius 3 is 2.84 bits per heavy atom. The van der Waals surface area contributed by atoms with Crippen molar-refractivity contribution in [2.24, 2.45) is 10.9 Å². The molecule has 7 heteroatoms. The summed E-state index contributed by atoms with van der Waals surface area (Å²) >= 11 is 1.82. The second-order valence-corrected chi connectivity index (χ2v) is 5.19. The third-order valence-corrected chi connectivity index (χ3v) is 3.11. The van der Waals surface area contributed by atoms with Gasteiger partial charge >= 0.3 is 0 Å². The Kier molecular flexibility index (Phi) is 11.1. The lowest BCUT2D eigenvalue weighted by atomic mass is 10.2. The van der Waals surface area contributed by atoms with Crippen LogP contribution in [0, 0.1) is 5.92 Å². The molecule has 0 bridgehead atoms. The smallest absolute Gasteiger partial charge is 0.191 e.